The van der Waals surface area contributed by atoms with Crippen LogP contribution in [0.3, 0.4) is 0 Å². The Labute approximate surface area is 110 Å². The van der Waals surface area contributed by atoms with Crippen LogP contribution in [0.1, 0.15) is 12.0 Å². The molecule has 0 unspecified atom stereocenters. The first-order valence-electron chi connectivity index (χ1n) is 5.01. The summed E-state index contributed by atoms with van der Waals surface area (Å²) >= 11 is 3.01. The van der Waals surface area contributed by atoms with E-state index in [-0.39, 0.29) is 13.0 Å². The van der Waals surface area contributed by atoms with Crippen molar-refractivity contribution in [1.82, 2.24) is 0 Å². The van der Waals surface area contributed by atoms with Crippen molar-refractivity contribution in [3.63, 3.8) is 0 Å². The fourth-order valence-corrected chi connectivity index (χ4v) is 1.76. The minimum absolute atomic E-state index is 0.0877. The molecule has 0 spiro atoms. The van der Waals surface area contributed by atoms with Gasteiger partial charge in [-0.2, -0.15) is 13.2 Å². The lowest BCUT2D eigenvalue weighted by molar-refractivity contribution is -0.140. The molecule has 0 aliphatic rings. The first kappa shape index (κ1) is 14.8. The number of ether oxygens (including phenoxy) is 1. The van der Waals surface area contributed by atoms with E-state index in [9.17, 15) is 18.0 Å². The summed E-state index contributed by atoms with van der Waals surface area (Å²) < 4.78 is 42.3. The first-order chi connectivity index (χ1) is 8.32. The average molecular weight is 326 g/mol. The number of rotatable bonds is 4. The number of carbonyl (C=O) groups is 1. The first-order valence-corrected chi connectivity index (χ1v) is 5.80. The van der Waals surface area contributed by atoms with E-state index >= 15 is 0 Å². The largest absolute Gasteiger partial charge is 0.469 e. The molecule has 3 nitrogen and oxygen atoms in total. The normalized spacial score (nSPS) is 11.2. The molecule has 1 N–H and O–H groups in total. The number of halogens is 4. The predicted molar refractivity (Wildman–Crippen MR) is 64.3 cm³/mol. The van der Waals surface area contributed by atoms with E-state index in [2.05, 4.69) is 26.0 Å². The third-order valence-corrected chi connectivity index (χ3v) is 2.57. The molecule has 0 aromatic heterocycles. The van der Waals surface area contributed by atoms with E-state index in [1.165, 1.54) is 13.2 Å². The number of esters is 1. The Balaban J connectivity index is 2.72. The average Bonchev–Trinajstić information content (AvgIpc) is 2.27. The third kappa shape index (κ3) is 4.56. The zero-order chi connectivity index (χ0) is 13.8. The van der Waals surface area contributed by atoms with Crippen LogP contribution >= 0.6 is 15.9 Å². The summed E-state index contributed by atoms with van der Waals surface area (Å²) in [7, 11) is 1.25. The van der Waals surface area contributed by atoms with Crippen molar-refractivity contribution in [2.45, 2.75) is 12.6 Å². The summed E-state index contributed by atoms with van der Waals surface area (Å²) in [6, 6.07) is 3.49. The zero-order valence-electron chi connectivity index (χ0n) is 9.47. The summed E-state index contributed by atoms with van der Waals surface area (Å²) in [5.74, 6) is -0.423. The van der Waals surface area contributed by atoms with Gasteiger partial charge in [-0.3, -0.25) is 4.79 Å². The number of nitrogens with one attached hydrogen (secondary N) is 1. The molecule has 0 aliphatic carbocycles. The Morgan fingerprint density at radius 1 is 1.39 bits per heavy atom. The second kappa shape index (κ2) is 6.08. The molecule has 0 saturated carbocycles. The number of carbonyl (C=O) groups excluding carboxylic acids is 1. The summed E-state index contributed by atoms with van der Waals surface area (Å²) in [4.78, 5) is 10.8. The zero-order valence-corrected chi connectivity index (χ0v) is 11.1. The quantitative estimate of drug-likeness (QED) is 0.862. The lowest BCUT2D eigenvalue weighted by Gasteiger charge is -2.11. The number of hydrogen-bond donors (Lipinski definition) is 1. The maximum Gasteiger partial charge on any atom is 0.416 e. The van der Waals surface area contributed by atoms with Crippen molar-refractivity contribution in [1.29, 1.82) is 0 Å². The van der Waals surface area contributed by atoms with Crippen LogP contribution in [0.4, 0.5) is 18.9 Å². The molecule has 0 heterocycles. The van der Waals surface area contributed by atoms with Crippen molar-refractivity contribution in [2.24, 2.45) is 0 Å². The Morgan fingerprint density at radius 2 is 2.06 bits per heavy atom. The van der Waals surface area contributed by atoms with Crippen LogP contribution in [0, 0.1) is 0 Å². The maximum atomic E-state index is 12.5. The summed E-state index contributed by atoms with van der Waals surface area (Å²) in [5.41, 5.74) is -0.460. The van der Waals surface area contributed by atoms with Crippen LogP contribution in [0.25, 0.3) is 0 Å². The van der Waals surface area contributed by atoms with Gasteiger partial charge >= 0.3 is 12.1 Å². The van der Waals surface area contributed by atoms with Crippen LogP contribution < -0.4 is 5.32 Å². The van der Waals surface area contributed by atoms with Gasteiger partial charge in [0.1, 0.15) is 0 Å². The number of methoxy groups -OCH3 is 1. The smallest absolute Gasteiger partial charge is 0.416 e. The highest BCUT2D eigenvalue weighted by atomic mass is 79.9. The standard InChI is InChI=1S/C11H11BrF3NO2/c1-18-10(17)2-3-16-9-5-7(11(13,14)15)4-8(12)6-9/h4-6,16H,2-3H2,1H3. The summed E-state index contributed by atoms with van der Waals surface area (Å²) in [6.07, 6.45) is -4.31. The minimum Gasteiger partial charge on any atom is -0.469 e. The molecule has 0 aliphatic heterocycles. The van der Waals surface area contributed by atoms with Crippen LogP contribution in [0.5, 0.6) is 0 Å². The Bertz CT molecular complexity index is 435. The molecular weight excluding hydrogens is 315 g/mol. The second-order valence-corrected chi connectivity index (χ2v) is 4.39. The van der Waals surface area contributed by atoms with Crippen molar-refractivity contribution in [3.8, 4) is 0 Å². The van der Waals surface area contributed by atoms with E-state index in [1.807, 2.05) is 0 Å². The van der Waals surface area contributed by atoms with Crippen molar-refractivity contribution in [3.05, 3.63) is 28.2 Å². The molecule has 0 saturated heterocycles. The number of alkyl halides is 3. The van der Waals surface area contributed by atoms with Crippen molar-refractivity contribution in [2.75, 3.05) is 19.0 Å². The molecule has 0 fully saturated rings. The van der Waals surface area contributed by atoms with Gasteiger partial charge in [-0.05, 0) is 18.2 Å². The molecule has 0 radical (unpaired) electrons. The lowest BCUT2D eigenvalue weighted by Crippen LogP contribution is -2.11. The van der Waals surface area contributed by atoms with Gasteiger partial charge in [0.15, 0.2) is 0 Å². The Kier molecular flexibility index (Phi) is 5.01. The van der Waals surface area contributed by atoms with Gasteiger partial charge < -0.3 is 10.1 Å². The lowest BCUT2D eigenvalue weighted by atomic mass is 10.2. The molecule has 0 amide bonds. The maximum absolute atomic E-state index is 12.5. The molecule has 0 bridgehead atoms. The van der Waals surface area contributed by atoms with Gasteiger partial charge in [-0.25, -0.2) is 0 Å². The highest BCUT2D eigenvalue weighted by Gasteiger charge is 2.31. The molecular formula is C11H11BrF3NO2. The third-order valence-electron chi connectivity index (χ3n) is 2.11. The fourth-order valence-electron chi connectivity index (χ4n) is 1.27. The molecule has 0 atom stereocenters. The highest BCUT2D eigenvalue weighted by molar-refractivity contribution is 9.10. The molecule has 7 heteroatoms. The molecule has 100 valence electrons. The number of anilines is 1. The molecule has 1 rings (SSSR count). The van der Waals surface area contributed by atoms with Crippen LogP contribution in [0.2, 0.25) is 0 Å². The molecule has 18 heavy (non-hydrogen) atoms. The van der Waals surface area contributed by atoms with E-state index in [0.717, 1.165) is 12.1 Å². The summed E-state index contributed by atoms with van der Waals surface area (Å²) in [6.45, 7) is 0.209. The van der Waals surface area contributed by atoms with Crippen molar-refractivity contribution >= 4 is 27.6 Å². The number of benzene rings is 1. The van der Waals surface area contributed by atoms with E-state index in [1.54, 1.807) is 0 Å². The SMILES string of the molecule is COC(=O)CCNc1cc(Br)cc(C(F)(F)F)c1. The van der Waals surface area contributed by atoms with Crippen LogP contribution in [-0.4, -0.2) is 19.6 Å². The van der Waals surface area contributed by atoms with E-state index < -0.39 is 17.7 Å². The number of hydrogen-bond acceptors (Lipinski definition) is 3. The van der Waals surface area contributed by atoms with Crippen molar-refractivity contribution < 1.29 is 22.7 Å². The minimum atomic E-state index is -4.40. The van der Waals surface area contributed by atoms with Gasteiger partial charge in [0, 0.05) is 16.7 Å². The van der Waals surface area contributed by atoms with Gasteiger partial charge in [-0.1, -0.05) is 15.9 Å². The molecule has 1 aromatic rings. The van der Waals surface area contributed by atoms with Gasteiger partial charge in [0.2, 0.25) is 0 Å². The van der Waals surface area contributed by atoms with Gasteiger partial charge in [0.25, 0.3) is 0 Å². The second-order valence-electron chi connectivity index (χ2n) is 3.48. The highest BCUT2D eigenvalue weighted by Crippen LogP contribution is 2.33. The predicted octanol–water partition coefficient (Wildman–Crippen LogP) is 3.44. The van der Waals surface area contributed by atoms with Crippen LogP contribution in [0.15, 0.2) is 22.7 Å². The molecule has 1 aromatic carbocycles. The Morgan fingerprint density at radius 3 is 2.61 bits per heavy atom. The van der Waals surface area contributed by atoms with E-state index in [4.69, 9.17) is 0 Å². The van der Waals surface area contributed by atoms with Gasteiger partial charge in [0.05, 0.1) is 19.1 Å². The monoisotopic (exact) mass is 325 g/mol. The topological polar surface area (TPSA) is 38.3 Å². The summed E-state index contributed by atoms with van der Waals surface area (Å²) in [5, 5.41) is 2.73. The fraction of sp³-hybridized carbons (Fsp3) is 0.364. The van der Waals surface area contributed by atoms with Crippen LogP contribution in [-0.2, 0) is 15.7 Å². The van der Waals surface area contributed by atoms with E-state index in [0.29, 0.717) is 10.2 Å². The Hall–Kier alpha value is -1.24. The van der Waals surface area contributed by atoms with Gasteiger partial charge in [-0.15, -0.1) is 0 Å².